The Balaban J connectivity index is 1.90. The molecule has 16 nitrogen and oxygen atoms in total. The van der Waals surface area contributed by atoms with E-state index in [0.717, 1.165) is 42.5 Å². The molecule has 2 aromatic rings. The fourth-order valence-electron chi connectivity index (χ4n) is 2.93. The highest BCUT2D eigenvalue weighted by Crippen LogP contribution is 2.27. The highest BCUT2D eigenvalue weighted by molar-refractivity contribution is 6.49. The van der Waals surface area contributed by atoms with Crippen molar-refractivity contribution in [3.63, 3.8) is 0 Å². The molecule has 3 rings (SSSR count). The van der Waals surface area contributed by atoms with Gasteiger partial charge in [-0.15, -0.1) is 0 Å². The third-order valence-electron chi connectivity index (χ3n) is 4.62. The van der Waals surface area contributed by atoms with E-state index >= 15 is 0 Å². The summed E-state index contributed by atoms with van der Waals surface area (Å²) in [4.78, 5) is 72.8. The zero-order valence-corrected chi connectivity index (χ0v) is 18.6. The van der Waals surface area contributed by atoms with E-state index in [-0.39, 0.29) is 16.5 Å². The van der Waals surface area contributed by atoms with Crippen molar-refractivity contribution >= 4 is 57.6 Å². The van der Waals surface area contributed by atoms with E-state index < -0.39 is 65.4 Å². The van der Waals surface area contributed by atoms with Gasteiger partial charge in [0, 0.05) is 12.1 Å². The van der Waals surface area contributed by atoms with E-state index in [1.165, 1.54) is 0 Å². The number of amides is 2. The van der Waals surface area contributed by atoms with E-state index in [9.17, 15) is 50.0 Å². The van der Waals surface area contributed by atoms with Gasteiger partial charge in [-0.25, -0.2) is 9.98 Å². The summed E-state index contributed by atoms with van der Waals surface area (Å²) in [7, 11) is 0. The van der Waals surface area contributed by atoms with Crippen molar-refractivity contribution in [1.29, 1.82) is 0 Å². The maximum Gasteiger partial charge on any atom is 0.289 e. The summed E-state index contributed by atoms with van der Waals surface area (Å²) >= 11 is 6.07. The standard InChI is InChI=1S/C20H9ClN6O10/c21-15-7-10(22-19(28)13-4-2-11(24(30)31)8-17(13)26(34)35)1-6-16(15)23-20(29)14-5-3-12(25(32)33)9-18(14)27(36)37/h1-9H. The molecule has 1 aliphatic rings. The van der Waals surface area contributed by atoms with Crippen LogP contribution in [0.1, 0.15) is 20.7 Å². The van der Waals surface area contributed by atoms with Crippen molar-refractivity contribution in [2.75, 3.05) is 0 Å². The van der Waals surface area contributed by atoms with Gasteiger partial charge in [0.1, 0.15) is 11.1 Å². The summed E-state index contributed by atoms with van der Waals surface area (Å²) in [6.45, 7) is 0. The van der Waals surface area contributed by atoms with Crippen LogP contribution in [0.3, 0.4) is 0 Å². The van der Waals surface area contributed by atoms with Crippen LogP contribution in [0.4, 0.5) is 22.7 Å². The SMILES string of the molecule is O=C(N=C1C=CC(=NC(=O)c2ccc([N+](=O)[O-])cc2[N+](=O)[O-])C(Cl)=C1)c1ccc([N+](=O)[O-])cc1[N+](=O)[O-]. The Morgan fingerprint density at radius 1 is 0.676 bits per heavy atom. The quantitative estimate of drug-likeness (QED) is 0.298. The second-order valence-corrected chi connectivity index (χ2v) is 7.31. The highest BCUT2D eigenvalue weighted by atomic mass is 35.5. The van der Waals surface area contributed by atoms with Crippen molar-refractivity contribution in [2.24, 2.45) is 9.98 Å². The fourth-order valence-corrected chi connectivity index (χ4v) is 3.15. The van der Waals surface area contributed by atoms with E-state index in [2.05, 4.69) is 9.98 Å². The third kappa shape index (κ3) is 5.77. The molecule has 0 bridgehead atoms. The summed E-state index contributed by atoms with van der Waals surface area (Å²) < 4.78 is 0. The Kier molecular flexibility index (Phi) is 7.34. The number of carbonyl (C=O) groups excluding carboxylic acids is 2. The van der Waals surface area contributed by atoms with Gasteiger partial charge in [-0.3, -0.25) is 50.0 Å². The van der Waals surface area contributed by atoms with Gasteiger partial charge in [0.25, 0.3) is 34.6 Å². The lowest BCUT2D eigenvalue weighted by Gasteiger charge is -2.07. The monoisotopic (exact) mass is 528 g/mol. The molecular formula is C20H9ClN6O10. The number of nitrogens with zero attached hydrogens (tertiary/aromatic N) is 6. The van der Waals surface area contributed by atoms with Crippen LogP contribution < -0.4 is 0 Å². The number of rotatable bonds is 6. The van der Waals surface area contributed by atoms with Gasteiger partial charge in [-0.1, -0.05) is 11.6 Å². The van der Waals surface area contributed by atoms with Crippen LogP contribution in [0, 0.1) is 40.5 Å². The molecule has 0 heterocycles. The summed E-state index contributed by atoms with van der Waals surface area (Å²) in [5, 5.41) is 43.9. The molecule has 17 heteroatoms. The Morgan fingerprint density at radius 2 is 1.14 bits per heavy atom. The van der Waals surface area contributed by atoms with Gasteiger partial charge in [-0.05, 0) is 30.4 Å². The molecule has 37 heavy (non-hydrogen) atoms. The predicted molar refractivity (Wildman–Crippen MR) is 126 cm³/mol. The Labute approximate surface area is 208 Å². The number of hydrogen-bond acceptors (Lipinski definition) is 10. The van der Waals surface area contributed by atoms with Gasteiger partial charge in [0.05, 0.1) is 48.3 Å². The smallest absolute Gasteiger partial charge is 0.266 e. The average Bonchev–Trinajstić information content (AvgIpc) is 2.84. The molecule has 0 spiro atoms. The van der Waals surface area contributed by atoms with Crippen molar-refractivity contribution in [1.82, 2.24) is 0 Å². The molecule has 0 atom stereocenters. The van der Waals surface area contributed by atoms with E-state index in [1.54, 1.807) is 0 Å². The molecule has 0 unspecified atom stereocenters. The molecule has 2 amide bonds. The lowest BCUT2D eigenvalue weighted by Crippen LogP contribution is -2.11. The summed E-state index contributed by atoms with van der Waals surface area (Å²) in [5.41, 5.74) is -4.26. The maximum absolute atomic E-state index is 12.5. The van der Waals surface area contributed by atoms with Crippen molar-refractivity contribution in [3.8, 4) is 0 Å². The third-order valence-corrected chi connectivity index (χ3v) is 4.93. The fraction of sp³-hybridized carbons (Fsp3) is 0. The normalized spacial score (nSPS) is 14.8. The van der Waals surface area contributed by atoms with Gasteiger partial charge in [0.2, 0.25) is 0 Å². The van der Waals surface area contributed by atoms with Crippen LogP contribution in [0.2, 0.25) is 0 Å². The molecule has 0 radical (unpaired) electrons. The summed E-state index contributed by atoms with van der Waals surface area (Å²) in [6, 6.07) is 4.75. The number of carbonyl (C=O) groups is 2. The van der Waals surface area contributed by atoms with Gasteiger partial charge in [0.15, 0.2) is 0 Å². The van der Waals surface area contributed by atoms with Crippen LogP contribution >= 0.6 is 11.6 Å². The first kappa shape index (κ1) is 26.1. The molecule has 0 fully saturated rings. The lowest BCUT2D eigenvalue weighted by atomic mass is 10.1. The van der Waals surface area contributed by atoms with Gasteiger partial charge >= 0.3 is 0 Å². The molecule has 0 aromatic heterocycles. The number of nitro groups is 4. The predicted octanol–water partition coefficient (Wildman–Crippen LogP) is 3.87. The average molecular weight is 529 g/mol. The number of hydrogen-bond donors (Lipinski definition) is 0. The van der Waals surface area contributed by atoms with E-state index in [4.69, 9.17) is 11.6 Å². The van der Waals surface area contributed by atoms with Crippen LogP contribution in [0.15, 0.2) is 69.6 Å². The van der Waals surface area contributed by atoms with Crippen LogP contribution in [0.25, 0.3) is 0 Å². The topological polar surface area (TPSA) is 231 Å². The molecular weight excluding hydrogens is 520 g/mol. The molecule has 0 N–H and O–H groups in total. The Bertz CT molecular complexity index is 1540. The largest absolute Gasteiger partial charge is 0.289 e. The van der Waals surface area contributed by atoms with Crippen LogP contribution in [0.5, 0.6) is 0 Å². The summed E-state index contributed by atoms with van der Waals surface area (Å²) in [6.07, 6.45) is 3.37. The zero-order chi connectivity index (χ0) is 27.4. The van der Waals surface area contributed by atoms with Crippen LogP contribution in [-0.4, -0.2) is 42.9 Å². The summed E-state index contributed by atoms with van der Waals surface area (Å²) in [5.74, 6) is -2.24. The lowest BCUT2D eigenvalue weighted by molar-refractivity contribution is -0.394. The number of halogens is 1. The number of allylic oxidation sites excluding steroid dienone is 4. The second kappa shape index (κ2) is 10.4. The second-order valence-electron chi connectivity index (χ2n) is 6.90. The van der Waals surface area contributed by atoms with Crippen molar-refractivity contribution < 1.29 is 29.3 Å². The molecule has 0 aliphatic heterocycles. The number of benzene rings is 2. The minimum Gasteiger partial charge on any atom is -0.266 e. The number of non-ortho nitro benzene ring substituents is 2. The molecule has 186 valence electrons. The van der Waals surface area contributed by atoms with E-state index in [1.807, 2.05) is 0 Å². The first-order chi connectivity index (χ1) is 17.4. The van der Waals surface area contributed by atoms with Gasteiger partial charge < -0.3 is 0 Å². The van der Waals surface area contributed by atoms with Crippen LogP contribution in [-0.2, 0) is 0 Å². The van der Waals surface area contributed by atoms with Crippen molar-refractivity contribution in [3.05, 3.63) is 111 Å². The Hall–Kier alpha value is -5.51. The Morgan fingerprint density at radius 3 is 1.54 bits per heavy atom. The molecule has 0 saturated carbocycles. The molecule has 1 aliphatic carbocycles. The van der Waals surface area contributed by atoms with E-state index in [0.29, 0.717) is 12.1 Å². The number of nitro benzene ring substituents is 4. The first-order valence-electron chi connectivity index (χ1n) is 9.56. The highest BCUT2D eigenvalue weighted by Gasteiger charge is 2.26. The van der Waals surface area contributed by atoms with Crippen molar-refractivity contribution in [2.45, 2.75) is 0 Å². The number of aliphatic imine (C=N–C) groups is 2. The maximum atomic E-state index is 12.5. The molecule has 0 saturated heterocycles. The molecule has 2 aromatic carbocycles. The zero-order valence-electron chi connectivity index (χ0n) is 17.8. The minimum absolute atomic E-state index is 0.115. The minimum atomic E-state index is -1.13. The van der Waals surface area contributed by atoms with Gasteiger partial charge in [-0.2, -0.15) is 0 Å². The first-order valence-corrected chi connectivity index (χ1v) is 9.94.